The predicted molar refractivity (Wildman–Crippen MR) is 83.6 cm³/mol. The molecule has 0 aliphatic heterocycles. The van der Waals surface area contributed by atoms with Gasteiger partial charge in [0.15, 0.2) is 12.1 Å². The summed E-state index contributed by atoms with van der Waals surface area (Å²) >= 11 is 0. The molecule has 1 aliphatic carbocycles. The highest BCUT2D eigenvalue weighted by Gasteiger charge is 2.25. The lowest BCUT2D eigenvalue weighted by Gasteiger charge is -2.26. The van der Waals surface area contributed by atoms with Gasteiger partial charge in [0, 0.05) is 11.6 Å². The van der Waals surface area contributed by atoms with E-state index >= 15 is 0 Å². The number of ether oxygens (including phenoxy) is 1. The van der Waals surface area contributed by atoms with Crippen LogP contribution in [0.1, 0.15) is 43.1 Å². The summed E-state index contributed by atoms with van der Waals surface area (Å²) in [6, 6.07) is 4.25. The van der Waals surface area contributed by atoms with Crippen LogP contribution in [0.3, 0.4) is 0 Å². The van der Waals surface area contributed by atoms with Crippen molar-refractivity contribution in [1.29, 1.82) is 0 Å². The van der Waals surface area contributed by atoms with Crippen LogP contribution < -0.4 is 4.74 Å². The third kappa shape index (κ3) is 3.11. The van der Waals surface area contributed by atoms with Gasteiger partial charge in [-0.15, -0.1) is 0 Å². The van der Waals surface area contributed by atoms with Crippen molar-refractivity contribution in [3.05, 3.63) is 35.9 Å². The quantitative estimate of drug-likeness (QED) is 0.810. The van der Waals surface area contributed by atoms with Crippen LogP contribution in [0.4, 0.5) is 4.39 Å². The van der Waals surface area contributed by atoms with Gasteiger partial charge in [-0.05, 0) is 37.7 Å². The highest BCUT2D eigenvalue weighted by Crippen LogP contribution is 2.35. The molecular formula is C17H19FN3O2. The van der Waals surface area contributed by atoms with E-state index in [1.807, 2.05) is 0 Å². The molecule has 5 nitrogen and oxygen atoms in total. The Bertz CT molecular complexity index is 706. The minimum absolute atomic E-state index is 0.293. The number of hydrogen-bond acceptors (Lipinski definition) is 4. The Balaban J connectivity index is 2.05. The number of carbonyl (C=O) groups excluding carboxylic acids is 1. The number of carbonyl (C=O) groups is 1. The van der Waals surface area contributed by atoms with E-state index in [4.69, 9.17) is 4.74 Å². The van der Waals surface area contributed by atoms with E-state index in [0.717, 1.165) is 37.9 Å². The van der Waals surface area contributed by atoms with Crippen LogP contribution in [0.15, 0.2) is 18.3 Å². The van der Waals surface area contributed by atoms with E-state index < -0.39 is 5.82 Å². The standard InChI is InChI=1S/C17H19FN3O2/c1-11-3-5-13(6-4-11)21-16(7-12(10-22)20-21)14-8-17(23-2)19-9-15(14)18/h7-11H,3-6H2,1-2H3. The molecule has 0 atom stereocenters. The molecule has 23 heavy (non-hydrogen) atoms. The van der Waals surface area contributed by atoms with Crippen molar-refractivity contribution in [2.24, 2.45) is 5.92 Å². The first-order valence-corrected chi connectivity index (χ1v) is 7.72. The molecule has 1 aliphatic rings. The van der Waals surface area contributed by atoms with E-state index in [2.05, 4.69) is 17.0 Å². The van der Waals surface area contributed by atoms with Crippen molar-refractivity contribution in [3.63, 3.8) is 0 Å². The molecule has 0 aromatic carbocycles. The molecule has 2 aromatic rings. The van der Waals surface area contributed by atoms with E-state index in [-0.39, 0.29) is 0 Å². The Hall–Kier alpha value is -2.24. The predicted octanol–water partition coefficient (Wildman–Crippen LogP) is 3.50. The van der Waals surface area contributed by atoms with Gasteiger partial charge in [0.1, 0.15) is 5.69 Å². The number of aldehydes is 1. The Morgan fingerprint density at radius 3 is 2.74 bits per heavy atom. The zero-order valence-electron chi connectivity index (χ0n) is 13.3. The van der Waals surface area contributed by atoms with Crippen molar-refractivity contribution in [2.45, 2.75) is 32.6 Å². The molecule has 0 amide bonds. The number of hydrogen-bond donors (Lipinski definition) is 0. The molecule has 1 fully saturated rings. The number of pyridine rings is 1. The van der Waals surface area contributed by atoms with E-state index in [0.29, 0.717) is 35.0 Å². The van der Waals surface area contributed by atoms with Crippen molar-refractivity contribution >= 4 is 6.29 Å². The van der Waals surface area contributed by atoms with Crippen molar-refractivity contribution in [3.8, 4) is 17.1 Å². The fourth-order valence-electron chi connectivity index (χ4n) is 2.92. The first kappa shape index (κ1) is 15.6. The fourth-order valence-corrected chi connectivity index (χ4v) is 2.92. The lowest BCUT2D eigenvalue weighted by molar-refractivity contribution is 0.111. The van der Waals surface area contributed by atoms with Gasteiger partial charge in [0.2, 0.25) is 5.88 Å². The first-order chi connectivity index (χ1) is 11.1. The lowest BCUT2D eigenvalue weighted by atomic mass is 9.87. The van der Waals surface area contributed by atoms with E-state index in [9.17, 15) is 9.18 Å². The smallest absolute Gasteiger partial charge is 0.213 e. The molecule has 0 spiro atoms. The minimum Gasteiger partial charge on any atom is -0.481 e. The van der Waals surface area contributed by atoms with Crippen molar-refractivity contribution in [2.75, 3.05) is 7.11 Å². The minimum atomic E-state index is -0.464. The normalized spacial score (nSPS) is 16.5. The topological polar surface area (TPSA) is 57.0 Å². The van der Waals surface area contributed by atoms with Crippen molar-refractivity contribution < 1.29 is 13.9 Å². The molecule has 121 valence electrons. The van der Waals surface area contributed by atoms with Gasteiger partial charge in [-0.2, -0.15) is 5.10 Å². The van der Waals surface area contributed by atoms with Gasteiger partial charge < -0.3 is 4.74 Å². The molecule has 1 radical (unpaired) electrons. The molecule has 0 N–H and O–H groups in total. The second-order valence-corrected chi connectivity index (χ2v) is 5.94. The first-order valence-electron chi connectivity index (χ1n) is 7.72. The number of rotatable bonds is 4. The average Bonchev–Trinajstić information content (AvgIpc) is 3.00. The van der Waals surface area contributed by atoms with Crippen LogP contribution in [0.5, 0.6) is 5.88 Å². The number of halogens is 1. The van der Waals surface area contributed by atoms with E-state index in [1.54, 1.807) is 10.7 Å². The molecule has 2 aromatic heterocycles. The van der Waals surface area contributed by atoms with Gasteiger partial charge in [0.05, 0.1) is 25.0 Å². The highest BCUT2D eigenvalue weighted by atomic mass is 19.1. The molecule has 1 saturated carbocycles. The SMILES string of the molecule is COc1cc(-c2cc(C=O)nn2[C]2CCC(C)CC2)c(F)cn1. The number of nitrogens with zero attached hydrogens (tertiary/aromatic N) is 3. The van der Waals surface area contributed by atoms with Crippen LogP contribution >= 0.6 is 0 Å². The monoisotopic (exact) mass is 316 g/mol. The molecule has 0 saturated heterocycles. The molecular weight excluding hydrogens is 297 g/mol. The summed E-state index contributed by atoms with van der Waals surface area (Å²) < 4.78 is 21.1. The summed E-state index contributed by atoms with van der Waals surface area (Å²) in [5.41, 5.74) is 1.19. The van der Waals surface area contributed by atoms with Crippen LogP contribution in [-0.4, -0.2) is 28.2 Å². The van der Waals surface area contributed by atoms with Crippen LogP contribution in [0, 0.1) is 17.8 Å². The maximum atomic E-state index is 14.3. The molecule has 0 unspecified atom stereocenters. The maximum absolute atomic E-state index is 14.3. The van der Waals surface area contributed by atoms with Crippen molar-refractivity contribution in [1.82, 2.24) is 14.8 Å². The summed E-state index contributed by atoms with van der Waals surface area (Å²) in [5, 5.41) is 4.33. The lowest BCUT2D eigenvalue weighted by Crippen LogP contribution is -2.19. The third-order valence-corrected chi connectivity index (χ3v) is 4.32. The largest absolute Gasteiger partial charge is 0.481 e. The average molecular weight is 316 g/mol. The number of aromatic nitrogens is 3. The fraction of sp³-hybridized carbons (Fsp3) is 0.412. The van der Waals surface area contributed by atoms with Gasteiger partial charge in [-0.25, -0.2) is 9.37 Å². The molecule has 3 rings (SSSR count). The van der Waals surface area contributed by atoms with Gasteiger partial charge in [0.25, 0.3) is 0 Å². The Morgan fingerprint density at radius 1 is 1.35 bits per heavy atom. The van der Waals surface area contributed by atoms with Crippen LogP contribution in [0.2, 0.25) is 0 Å². The van der Waals surface area contributed by atoms with E-state index in [1.165, 1.54) is 13.2 Å². The summed E-state index contributed by atoms with van der Waals surface area (Å²) in [6.07, 6.45) is 5.76. The number of methoxy groups -OCH3 is 1. The Morgan fingerprint density at radius 2 is 2.09 bits per heavy atom. The van der Waals surface area contributed by atoms with Crippen LogP contribution in [0.25, 0.3) is 11.3 Å². The summed E-state index contributed by atoms with van der Waals surface area (Å²) in [4.78, 5) is 15.0. The molecule has 6 heteroatoms. The maximum Gasteiger partial charge on any atom is 0.213 e. The Labute approximate surface area is 134 Å². The molecule has 2 heterocycles. The van der Waals surface area contributed by atoms with Gasteiger partial charge >= 0.3 is 0 Å². The summed E-state index contributed by atoms with van der Waals surface area (Å²) in [6.45, 7) is 2.23. The summed E-state index contributed by atoms with van der Waals surface area (Å²) in [7, 11) is 1.48. The third-order valence-electron chi connectivity index (χ3n) is 4.32. The second kappa shape index (κ2) is 6.48. The second-order valence-electron chi connectivity index (χ2n) is 5.94. The summed E-state index contributed by atoms with van der Waals surface area (Å²) in [5.74, 6) is 0.541. The Kier molecular flexibility index (Phi) is 4.41. The van der Waals surface area contributed by atoms with Gasteiger partial charge in [-0.3, -0.25) is 9.48 Å². The van der Waals surface area contributed by atoms with Crippen LogP contribution in [-0.2, 0) is 0 Å². The zero-order chi connectivity index (χ0) is 16.4. The molecule has 0 bridgehead atoms. The zero-order valence-corrected chi connectivity index (χ0v) is 13.3. The van der Waals surface area contributed by atoms with Gasteiger partial charge in [-0.1, -0.05) is 6.92 Å². The highest BCUT2D eigenvalue weighted by molar-refractivity contribution is 5.76.